The smallest absolute Gasteiger partial charge is 0.183 e. The average molecular weight is 275 g/mol. The highest BCUT2D eigenvalue weighted by molar-refractivity contribution is 7.22. The van der Waals surface area contributed by atoms with Gasteiger partial charge in [0, 0.05) is 13.1 Å². The number of hydrogen-bond acceptors (Lipinski definition) is 4. The summed E-state index contributed by atoms with van der Waals surface area (Å²) in [6.45, 7) is 9.08. The molecule has 1 unspecified atom stereocenters. The molecule has 1 saturated heterocycles. The monoisotopic (exact) mass is 275 g/mol. The van der Waals surface area contributed by atoms with Crippen LogP contribution in [-0.4, -0.2) is 36.1 Å². The number of likely N-dealkylation sites (tertiary alicyclic amines) is 1. The molecule has 1 atom stereocenters. The second kappa shape index (κ2) is 5.47. The van der Waals surface area contributed by atoms with Gasteiger partial charge in [0.1, 0.15) is 0 Å². The number of thiazole rings is 1. The van der Waals surface area contributed by atoms with Crippen LogP contribution in [0.25, 0.3) is 10.2 Å². The van der Waals surface area contributed by atoms with Crippen LogP contribution < -0.4 is 5.32 Å². The number of hydrogen-bond donors (Lipinski definition) is 1. The van der Waals surface area contributed by atoms with Crippen LogP contribution in [0.3, 0.4) is 0 Å². The molecule has 1 aromatic heterocycles. The molecule has 1 aliphatic heterocycles. The molecule has 3 nitrogen and oxygen atoms in total. The molecule has 0 radical (unpaired) electrons. The highest BCUT2D eigenvalue weighted by Gasteiger charge is 2.20. The van der Waals surface area contributed by atoms with Gasteiger partial charge < -0.3 is 10.2 Å². The number of benzene rings is 1. The molecule has 1 N–H and O–H groups in total. The number of aryl methyl sites for hydroxylation is 1. The zero-order chi connectivity index (χ0) is 13.2. The lowest BCUT2D eigenvalue weighted by Gasteiger charge is -2.13. The third-order valence-electron chi connectivity index (χ3n) is 3.90. The van der Waals surface area contributed by atoms with Crippen LogP contribution in [0.5, 0.6) is 0 Å². The largest absolute Gasteiger partial charge is 0.361 e. The maximum absolute atomic E-state index is 4.65. The molecule has 0 amide bonds. The number of rotatable bonds is 4. The minimum Gasteiger partial charge on any atom is -0.361 e. The van der Waals surface area contributed by atoms with E-state index in [9.17, 15) is 0 Å². The maximum atomic E-state index is 4.65. The normalized spacial score (nSPS) is 20.2. The van der Waals surface area contributed by atoms with Crippen molar-refractivity contribution in [3.63, 3.8) is 0 Å². The molecule has 2 heterocycles. The van der Waals surface area contributed by atoms with Crippen molar-refractivity contribution in [2.45, 2.75) is 20.3 Å². The van der Waals surface area contributed by atoms with Gasteiger partial charge in [-0.05, 0) is 50.0 Å². The summed E-state index contributed by atoms with van der Waals surface area (Å²) in [5, 5.41) is 4.59. The predicted molar refractivity (Wildman–Crippen MR) is 83.1 cm³/mol. The van der Waals surface area contributed by atoms with Gasteiger partial charge >= 0.3 is 0 Å². The van der Waals surface area contributed by atoms with Gasteiger partial charge in [-0.2, -0.15) is 0 Å². The molecule has 1 aromatic carbocycles. The Kier molecular flexibility index (Phi) is 3.71. The Labute approximate surface area is 118 Å². The number of anilines is 1. The fraction of sp³-hybridized carbons (Fsp3) is 0.533. The van der Waals surface area contributed by atoms with Crippen molar-refractivity contribution in [1.82, 2.24) is 9.88 Å². The van der Waals surface area contributed by atoms with Crippen molar-refractivity contribution in [1.29, 1.82) is 0 Å². The molecule has 1 fully saturated rings. The van der Waals surface area contributed by atoms with E-state index < -0.39 is 0 Å². The molecule has 102 valence electrons. The number of fused-ring (bicyclic) bond motifs is 1. The minimum atomic E-state index is 0.772. The van der Waals surface area contributed by atoms with Gasteiger partial charge in [0.05, 0.1) is 10.2 Å². The van der Waals surface area contributed by atoms with Crippen molar-refractivity contribution in [2.75, 3.05) is 31.5 Å². The van der Waals surface area contributed by atoms with Crippen LogP contribution in [0.1, 0.15) is 18.9 Å². The van der Waals surface area contributed by atoms with E-state index >= 15 is 0 Å². The van der Waals surface area contributed by atoms with E-state index in [0.717, 1.165) is 23.1 Å². The number of nitrogens with one attached hydrogen (secondary N) is 1. The summed E-state index contributed by atoms with van der Waals surface area (Å²) in [7, 11) is 0. The zero-order valence-corrected chi connectivity index (χ0v) is 12.5. The van der Waals surface area contributed by atoms with Gasteiger partial charge in [0.15, 0.2) is 5.13 Å². The predicted octanol–water partition coefficient (Wildman–Crippen LogP) is 3.36. The number of aromatic nitrogens is 1. The first-order chi connectivity index (χ1) is 9.24. The first-order valence-corrected chi connectivity index (χ1v) is 7.89. The Balaban J connectivity index is 1.62. The molecule has 0 aliphatic carbocycles. The lowest BCUT2D eigenvalue weighted by molar-refractivity contribution is 0.345. The Morgan fingerprint density at radius 2 is 2.37 bits per heavy atom. The Morgan fingerprint density at radius 1 is 1.47 bits per heavy atom. The summed E-state index contributed by atoms with van der Waals surface area (Å²) < 4.78 is 1.28. The van der Waals surface area contributed by atoms with Crippen LogP contribution in [0, 0.1) is 12.8 Å². The van der Waals surface area contributed by atoms with Gasteiger partial charge in [0.25, 0.3) is 0 Å². The standard InChI is InChI=1S/C15H21N3S/c1-3-18-7-6-12(10-18)9-16-15-17-13-5-4-11(2)8-14(13)19-15/h4-5,8,12H,3,6-7,9-10H2,1-2H3,(H,16,17). The molecular weight excluding hydrogens is 254 g/mol. The summed E-state index contributed by atoms with van der Waals surface area (Å²) in [6.07, 6.45) is 1.31. The Bertz CT molecular complexity index is 564. The summed E-state index contributed by atoms with van der Waals surface area (Å²) >= 11 is 1.77. The number of nitrogens with zero attached hydrogens (tertiary/aromatic N) is 2. The average Bonchev–Trinajstić information content (AvgIpc) is 3.01. The molecule has 0 spiro atoms. The lowest BCUT2D eigenvalue weighted by Crippen LogP contribution is -2.22. The fourth-order valence-electron chi connectivity index (χ4n) is 2.71. The van der Waals surface area contributed by atoms with E-state index in [1.54, 1.807) is 11.3 Å². The Morgan fingerprint density at radius 3 is 3.16 bits per heavy atom. The van der Waals surface area contributed by atoms with E-state index in [0.29, 0.717) is 0 Å². The summed E-state index contributed by atoms with van der Waals surface area (Å²) in [5.41, 5.74) is 2.41. The van der Waals surface area contributed by atoms with Crippen LogP contribution in [-0.2, 0) is 0 Å². The molecule has 19 heavy (non-hydrogen) atoms. The summed E-state index contributed by atoms with van der Waals surface area (Å²) in [6, 6.07) is 6.45. The van der Waals surface area contributed by atoms with Crippen molar-refractivity contribution < 1.29 is 0 Å². The van der Waals surface area contributed by atoms with E-state index in [1.165, 1.54) is 36.3 Å². The molecule has 4 heteroatoms. The minimum absolute atomic E-state index is 0.772. The Hall–Kier alpha value is -1.13. The summed E-state index contributed by atoms with van der Waals surface area (Å²) in [5.74, 6) is 0.772. The van der Waals surface area contributed by atoms with Crippen LogP contribution >= 0.6 is 11.3 Å². The quantitative estimate of drug-likeness (QED) is 0.927. The first kappa shape index (κ1) is 12.9. The van der Waals surface area contributed by atoms with E-state index in [4.69, 9.17) is 0 Å². The molecule has 2 aromatic rings. The second-order valence-electron chi connectivity index (χ2n) is 5.42. The van der Waals surface area contributed by atoms with E-state index in [-0.39, 0.29) is 0 Å². The van der Waals surface area contributed by atoms with Crippen molar-refractivity contribution in [3.05, 3.63) is 23.8 Å². The van der Waals surface area contributed by atoms with E-state index in [2.05, 4.69) is 47.2 Å². The zero-order valence-electron chi connectivity index (χ0n) is 11.6. The molecule has 0 saturated carbocycles. The van der Waals surface area contributed by atoms with Gasteiger partial charge in [-0.15, -0.1) is 0 Å². The topological polar surface area (TPSA) is 28.2 Å². The van der Waals surface area contributed by atoms with Crippen LogP contribution in [0.4, 0.5) is 5.13 Å². The third-order valence-corrected chi connectivity index (χ3v) is 4.88. The van der Waals surface area contributed by atoms with Gasteiger partial charge in [-0.25, -0.2) is 4.98 Å². The van der Waals surface area contributed by atoms with E-state index in [1.807, 2.05) is 0 Å². The summed E-state index contributed by atoms with van der Waals surface area (Å²) in [4.78, 5) is 7.17. The van der Waals surface area contributed by atoms with Gasteiger partial charge in [-0.3, -0.25) is 0 Å². The highest BCUT2D eigenvalue weighted by atomic mass is 32.1. The first-order valence-electron chi connectivity index (χ1n) is 7.08. The molecule has 1 aliphatic rings. The molecule has 0 bridgehead atoms. The third kappa shape index (κ3) is 2.90. The van der Waals surface area contributed by atoms with Gasteiger partial charge in [-0.1, -0.05) is 24.3 Å². The van der Waals surface area contributed by atoms with Gasteiger partial charge in [0.2, 0.25) is 0 Å². The molecule has 3 rings (SSSR count). The van der Waals surface area contributed by atoms with Crippen molar-refractivity contribution in [3.8, 4) is 0 Å². The second-order valence-corrected chi connectivity index (χ2v) is 6.45. The molecular formula is C15H21N3S. The fourth-order valence-corrected chi connectivity index (χ4v) is 3.68. The SMILES string of the molecule is CCN1CCC(CNc2nc3ccc(C)cc3s2)C1. The lowest BCUT2D eigenvalue weighted by atomic mass is 10.1. The highest BCUT2D eigenvalue weighted by Crippen LogP contribution is 2.27. The van der Waals surface area contributed by atoms with Crippen molar-refractivity contribution in [2.24, 2.45) is 5.92 Å². The van der Waals surface area contributed by atoms with Crippen LogP contribution in [0.15, 0.2) is 18.2 Å². The van der Waals surface area contributed by atoms with Crippen molar-refractivity contribution >= 4 is 26.7 Å². The van der Waals surface area contributed by atoms with Crippen LogP contribution in [0.2, 0.25) is 0 Å². The maximum Gasteiger partial charge on any atom is 0.183 e.